The number of aromatic nitrogens is 2. The molecule has 0 aliphatic heterocycles. The minimum Gasteiger partial charge on any atom is -0.280 e. The van der Waals surface area contributed by atoms with Crippen molar-refractivity contribution in [2.45, 2.75) is 25.7 Å². The predicted molar refractivity (Wildman–Crippen MR) is 103 cm³/mol. The van der Waals surface area contributed by atoms with E-state index in [2.05, 4.69) is 25.8 Å². The summed E-state index contributed by atoms with van der Waals surface area (Å²) in [6.07, 6.45) is 0. The number of hydrogen-bond acceptors (Lipinski definition) is 3. The molecule has 0 aliphatic rings. The first-order valence-corrected chi connectivity index (χ1v) is 9.96. The van der Waals surface area contributed by atoms with Crippen LogP contribution in [0.2, 0.25) is 0 Å². The molecule has 7 heteroatoms. The Kier molecular flexibility index (Phi) is 4.71. The molecule has 3 rings (SSSR count). The molecule has 0 atom stereocenters. The maximum Gasteiger partial charge on any atom is 0.262 e. The van der Waals surface area contributed by atoms with Gasteiger partial charge in [0.1, 0.15) is 0 Å². The van der Waals surface area contributed by atoms with Gasteiger partial charge in [0.2, 0.25) is 0 Å². The van der Waals surface area contributed by atoms with Gasteiger partial charge < -0.3 is 0 Å². The zero-order chi connectivity index (χ0) is 18.2. The molecule has 5 nitrogen and oxygen atoms in total. The Morgan fingerprint density at radius 2 is 1.80 bits per heavy atom. The molecule has 0 bridgehead atoms. The van der Waals surface area contributed by atoms with E-state index in [0.717, 1.165) is 21.5 Å². The number of anilines is 1. The quantitative estimate of drug-likeness (QED) is 0.682. The highest BCUT2D eigenvalue weighted by molar-refractivity contribution is 9.10. The van der Waals surface area contributed by atoms with E-state index in [0.29, 0.717) is 11.3 Å². The summed E-state index contributed by atoms with van der Waals surface area (Å²) in [5.41, 5.74) is 3.88. The molecule has 0 spiro atoms. The highest BCUT2D eigenvalue weighted by Crippen LogP contribution is 2.24. The highest BCUT2D eigenvalue weighted by atomic mass is 79.9. The molecule has 0 radical (unpaired) electrons. The van der Waals surface area contributed by atoms with Crippen LogP contribution in [0, 0.1) is 20.8 Å². The Labute approximate surface area is 155 Å². The minimum absolute atomic E-state index is 0.249. The standard InChI is InChI=1S/C18H18BrN3O2S/c1-12-7-8-15(19)10-18(12)25(23,24)21-16-5-4-6-17(11-16)22-14(3)9-13(2)20-22/h4-11,21H,1-3H3. The fourth-order valence-corrected chi connectivity index (χ4v) is 4.50. The summed E-state index contributed by atoms with van der Waals surface area (Å²) in [5.74, 6) is 0. The van der Waals surface area contributed by atoms with Gasteiger partial charge in [0, 0.05) is 10.2 Å². The molecule has 0 unspecified atom stereocenters. The van der Waals surface area contributed by atoms with Crippen LogP contribution in [0.3, 0.4) is 0 Å². The first-order valence-electron chi connectivity index (χ1n) is 7.69. The minimum atomic E-state index is -3.68. The molecule has 0 saturated heterocycles. The van der Waals surface area contributed by atoms with Crippen LogP contribution in [0.4, 0.5) is 5.69 Å². The SMILES string of the molecule is Cc1cc(C)n(-c2cccc(NS(=O)(=O)c3cc(Br)ccc3C)c2)n1. The molecule has 1 N–H and O–H groups in total. The van der Waals surface area contributed by atoms with Crippen molar-refractivity contribution in [2.24, 2.45) is 0 Å². The number of rotatable bonds is 4. The number of benzene rings is 2. The Morgan fingerprint density at radius 1 is 1.04 bits per heavy atom. The molecule has 0 saturated carbocycles. The van der Waals surface area contributed by atoms with E-state index < -0.39 is 10.0 Å². The van der Waals surface area contributed by atoms with Crippen LogP contribution in [-0.2, 0) is 10.0 Å². The summed E-state index contributed by atoms with van der Waals surface area (Å²) < 4.78 is 30.6. The van der Waals surface area contributed by atoms with Gasteiger partial charge in [-0.2, -0.15) is 5.10 Å². The molecule has 1 aromatic heterocycles. The Hall–Kier alpha value is -2.12. The van der Waals surface area contributed by atoms with Crippen LogP contribution in [0.15, 0.2) is 57.9 Å². The first-order chi connectivity index (χ1) is 11.8. The third-order valence-corrected chi connectivity index (χ3v) is 5.81. The number of halogens is 1. The largest absolute Gasteiger partial charge is 0.280 e. The lowest BCUT2D eigenvalue weighted by atomic mass is 10.2. The molecule has 0 fully saturated rings. The van der Waals surface area contributed by atoms with Crippen LogP contribution < -0.4 is 4.72 Å². The summed E-state index contributed by atoms with van der Waals surface area (Å²) in [6, 6.07) is 14.3. The highest BCUT2D eigenvalue weighted by Gasteiger charge is 2.18. The van der Waals surface area contributed by atoms with Gasteiger partial charge >= 0.3 is 0 Å². The Balaban J connectivity index is 1.97. The van der Waals surface area contributed by atoms with Crippen LogP contribution in [-0.4, -0.2) is 18.2 Å². The van der Waals surface area contributed by atoms with Crippen LogP contribution in [0.5, 0.6) is 0 Å². The summed E-state index contributed by atoms with van der Waals surface area (Å²) in [4.78, 5) is 0.249. The summed E-state index contributed by atoms with van der Waals surface area (Å²) in [5, 5.41) is 4.44. The fraction of sp³-hybridized carbons (Fsp3) is 0.167. The number of sulfonamides is 1. The molecule has 0 amide bonds. The van der Waals surface area contributed by atoms with Crippen molar-refractivity contribution in [2.75, 3.05) is 4.72 Å². The van der Waals surface area contributed by atoms with Gasteiger partial charge in [-0.05, 0) is 62.7 Å². The first kappa shape index (κ1) is 17.7. The van der Waals surface area contributed by atoms with Crippen molar-refractivity contribution in [3.8, 4) is 5.69 Å². The smallest absolute Gasteiger partial charge is 0.262 e. The molecule has 3 aromatic rings. The van der Waals surface area contributed by atoms with Gasteiger partial charge in [-0.1, -0.05) is 28.1 Å². The topological polar surface area (TPSA) is 64.0 Å². The average molecular weight is 420 g/mol. The third kappa shape index (κ3) is 3.77. The summed E-state index contributed by atoms with van der Waals surface area (Å²) >= 11 is 3.32. The Morgan fingerprint density at radius 3 is 2.48 bits per heavy atom. The molecule has 0 aliphatic carbocycles. The second-order valence-electron chi connectivity index (χ2n) is 5.90. The maximum absolute atomic E-state index is 12.7. The van der Waals surface area contributed by atoms with E-state index in [1.165, 1.54) is 0 Å². The number of hydrogen-bond donors (Lipinski definition) is 1. The van der Waals surface area contributed by atoms with Crippen molar-refractivity contribution < 1.29 is 8.42 Å². The van der Waals surface area contributed by atoms with Crippen molar-refractivity contribution >= 4 is 31.6 Å². The zero-order valence-corrected chi connectivity index (χ0v) is 16.5. The molecule has 2 aromatic carbocycles. The van der Waals surface area contributed by atoms with E-state index in [4.69, 9.17) is 0 Å². The van der Waals surface area contributed by atoms with Crippen molar-refractivity contribution in [3.63, 3.8) is 0 Å². The van der Waals surface area contributed by atoms with E-state index in [9.17, 15) is 8.42 Å². The van der Waals surface area contributed by atoms with E-state index in [-0.39, 0.29) is 4.90 Å². The van der Waals surface area contributed by atoms with Gasteiger partial charge in [-0.15, -0.1) is 0 Å². The van der Waals surface area contributed by atoms with Crippen LogP contribution in [0.25, 0.3) is 5.69 Å². The fourth-order valence-electron chi connectivity index (χ4n) is 2.67. The van der Waals surface area contributed by atoms with Gasteiger partial charge in [-0.3, -0.25) is 4.72 Å². The lowest BCUT2D eigenvalue weighted by molar-refractivity contribution is 0.600. The number of aryl methyl sites for hydroxylation is 3. The Bertz CT molecular complexity index is 1040. The summed E-state index contributed by atoms with van der Waals surface area (Å²) in [7, 11) is -3.68. The van der Waals surface area contributed by atoms with Crippen molar-refractivity contribution in [1.29, 1.82) is 0 Å². The third-order valence-electron chi connectivity index (χ3n) is 3.79. The van der Waals surface area contributed by atoms with Gasteiger partial charge in [-0.25, -0.2) is 13.1 Å². The average Bonchev–Trinajstić information content (AvgIpc) is 2.88. The second-order valence-corrected chi connectivity index (χ2v) is 8.47. The van der Waals surface area contributed by atoms with Crippen molar-refractivity contribution in [3.05, 3.63) is 70.0 Å². The van der Waals surface area contributed by atoms with E-state index in [1.54, 1.807) is 41.9 Å². The molecule has 130 valence electrons. The number of nitrogens with zero attached hydrogens (tertiary/aromatic N) is 2. The maximum atomic E-state index is 12.7. The number of nitrogens with one attached hydrogen (secondary N) is 1. The van der Waals surface area contributed by atoms with Gasteiger partial charge in [0.05, 0.1) is 22.0 Å². The molecular weight excluding hydrogens is 402 g/mol. The summed E-state index contributed by atoms with van der Waals surface area (Å²) in [6.45, 7) is 5.65. The molecule has 25 heavy (non-hydrogen) atoms. The van der Waals surface area contributed by atoms with E-state index >= 15 is 0 Å². The van der Waals surface area contributed by atoms with Gasteiger partial charge in [0.25, 0.3) is 10.0 Å². The van der Waals surface area contributed by atoms with Crippen LogP contribution in [0.1, 0.15) is 17.0 Å². The lowest BCUT2D eigenvalue weighted by Gasteiger charge is -2.12. The van der Waals surface area contributed by atoms with E-state index in [1.807, 2.05) is 32.0 Å². The zero-order valence-electron chi connectivity index (χ0n) is 14.1. The van der Waals surface area contributed by atoms with Crippen molar-refractivity contribution in [1.82, 2.24) is 9.78 Å². The predicted octanol–water partition coefficient (Wildman–Crippen LogP) is 4.36. The lowest BCUT2D eigenvalue weighted by Crippen LogP contribution is -2.14. The molecular formula is C18H18BrN3O2S. The van der Waals surface area contributed by atoms with Gasteiger partial charge in [0.15, 0.2) is 0 Å². The van der Waals surface area contributed by atoms with Crippen LogP contribution >= 0.6 is 15.9 Å². The second kappa shape index (κ2) is 6.65. The monoisotopic (exact) mass is 419 g/mol. The normalized spacial score (nSPS) is 11.5. The molecule has 1 heterocycles.